The Balaban J connectivity index is 1.45. The molecule has 3 heterocycles. The molecule has 0 bridgehead atoms. The Morgan fingerprint density at radius 1 is 1.25 bits per heavy atom. The van der Waals surface area contributed by atoms with Crippen LogP contribution in [-0.4, -0.2) is 51.2 Å². The topological polar surface area (TPSA) is 87.5 Å². The van der Waals surface area contributed by atoms with Crippen LogP contribution in [0.4, 0.5) is 5.69 Å². The van der Waals surface area contributed by atoms with Crippen molar-refractivity contribution in [2.75, 3.05) is 18.0 Å². The van der Waals surface area contributed by atoms with Gasteiger partial charge in [-0.3, -0.25) is 24.0 Å². The third kappa shape index (κ3) is 3.04. The Morgan fingerprint density at radius 2 is 2.07 bits per heavy atom. The monoisotopic (exact) mass is 381 g/mol. The van der Waals surface area contributed by atoms with E-state index in [0.717, 1.165) is 6.42 Å². The molecule has 28 heavy (non-hydrogen) atoms. The lowest BCUT2D eigenvalue weighted by Crippen LogP contribution is -2.63. The average Bonchev–Trinajstić information content (AvgIpc) is 3.31. The summed E-state index contributed by atoms with van der Waals surface area (Å²) in [6.45, 7) is 2.99. The van der Waals surface area contributed by atoms with E-state index in [4.69, 9.17) is 0 Å². The molecule has 0 unspecified atom stereocenters. The number of carbonyl (C=O) groups excluding carboxylic acids is 3. The molecular formula is C20H23N5O3. The lowest BCUT2D eigenvalue weighted by atomic mass is 9.98. The van der Waals surface area contributed by atoms with Gasteiger partial charge in [0.2, 0.25) is 11.8 Å². The molecule has 0 aliphatic carbocycles. The fourth-order valence-electron chi connectivity index (χ4n) is 4.04. The highest BCUT2D eigenvalue weighted by Gasteiger charge is 2.53. The largest absolute Gasteiger partial charge is 0.354 e. The highest BCUT2D eigenvalue weighted by molar-refractivity contribution is 6.11. The summed E-state index contributed by atoms with van der Waals surface area (Å²) in [5, 5.41) is 6.99. The molecule has 1 saturated heterocycles. The first-order valence-corrected chi connectivity index (χ1v) is 9.49. The smallest absolute Gasteiger partial charge is 0.258 e. The van der Waals surface area contributed by atoms with Gasteiger partial charge in [-0.25, -0.2) is 0 Å². The van der Waals surface area contributed by atoms with Crippen LogP contribution in [0, 0.1) is 0 Å². The summed E-state index contributed by atoms with van der Waals surface area (Å²) in [4.78, 5) is 41.3. The predicted molar refractivity (Wildman–Crippen MR) is 102 cm³/mol. The number of aromatic nitrogens is 2. The molecule has 146 valence electrons. The Kier molecular flexibility index (Phi) is 4.62. The summed E-state index contributed by atoms with van der Waals surface area (Å²) in [5.74, 6) is -0.462. The first-order valence-electron chi connectivity index (χ1n) is 9.49. The summed E-state index contributed by atoms with van der Waals surface area (Å²) in [6.07, 6.45) is 5.20. The third-order valence-corrected chi connectivity index (χ3v) is 5.49. The number of rotatable bonds is 6. The van der Waals surface area contributed by atoms with Crippen LogP contribution in [0.25, 0.3) is 0 Å². The maximum absolute atomic E-state index is 13.1. The van der Waals surface area contributed by atoms with Crippen LogP contribution in [0.3, 0.4) is 0 Å². The minimum Gasteiger partial charge on any atom is -0.354 e. The summed E-state index contributed by atoms with van der Waals surface area (Å²) in [7, 11) is 0. The lowest BCUT2D eigenvalue weighted by Gasteiger charge is -2.48. The van der Waals surface area contributed by atoms with E-state index in [1.54, 1.807) is 34.0 Å². The van der Waals surface area contributed by atoms with Crippen molar-refractivity contribution in [1.29, 1.82) is 0 Å². The van der Waals surface area contributed by atoms with Gasteiger partial charge < -0.3 is 10.2 Å². The molecule has 0 saturated carbocycles. The Hall–Kier alpha value is -3.16. The zero-order valence-electron chi connectivity index (χ0n) is 15.8. The van der Waals surface area contributed by atoms with E-state index < -0.39 is 5.66 Å². The van der Waals surface area contributed by atoms with Crippen molar-refractivity contribution in [3.63, 3.8) is 0 Å². The van der Waals surface area contributed by atoms with Crippen LogP contribution in [0.2, 0.25) is 0 Å². The number of nitrogens with one attached hydrogen (secondary N) is 1. The van der Waals surface area contributed by atoms with Gasteiger partial charge in [0.05, 0.1) is 11.3 Å². The Morgan fingerprint density at radius 3 is 2.86 bits per heavy atom. The molecule has 1 atom stereocenters. The van der Waals surface area contributed by atoms with Gasteiger partial charge in [0.1, 0.15) is 12.2 Å². The van der Waals surface area contributed by atoms with Crippen molar-refractivity contribution in [2.24, 2.45) is 0 Å². The van der Waals surface area contributed by atoms with E-state index in [1.165, 1.54) is 4.90 Å². The van der Waals surface area contributed by atoms with E-state index in [9.17, 15) is 14.4 Å². The number of aryl methyl sites for hydroxylation is 1. The van der Waals surface area contributed by atoms with Crippen LogP contribution in [0.1, 0.15) is 36.5 Å². The molecule has 8 heteroatoms. The van der Waals surface area contributed by atoms with Gasteiger partial charge in [-0.1, -0.05) is 12.1 Å². The second kappa shape index (κ2) is 7.10. The van der Waals surface area contributed by atoms with Gasteiger partial charge >= 0.3 is 0 Å². The van der Waals surface area contributed by atoms with Crippen molar-refractivity contribution < 1.29 is 14.4 Å². The second-order valence-electron chi connectivity index (χ2n) is 7.33. The Bertz CT molecular complexity index is 910. The molecule has 3 amide bonds. The maximum atomic E-state index is 13.1. The second-order valence-corrected chi connectivity index (χ2v) is 7.33. The summed E-state index contributed by atoms with van der Waals surface area (Å²) in [6, 6.07) is 8.94. The van der Waals surface area contributed by atoms with Gasteiger partial charge in [0.15, 0.2) is 0 Å². The molecule has 1 aromatic heterocycles. The number of para-hydroxylation sites is 1. The first kappa shape index (κ1) is 18.2. The zero-order valence-corrected chi connectivity index (χ0v) is 15.8. The van der Waals surface area contributed by atoms with Crippen molar-refractivity contribution in [2.45, 2.75) is 38.4 Å². The quantitative estimate of drug-likeness (QED) is 0.766. The van der Waals surface area contributed by atoms with Crippen molar-refractivity contribution in [3.05, 3.63) is 48.3 Å². The van der Waals surface area contributed by atoms with Crippen LogP contribution in [-0.2, 0) is 16.1 Å². The molecule has 8 nitrogen and oxygen atoms in total. The number of fused-ring (bicyclic) bond motifs is 3. The molecule has 1 N–H and O–H groups in total. The van der Waals surface area contributed by atoms with E-state index >= 15 is 0 Å². The maximum Gasteiger partial charge on any atom is 0.258 e. The summed E-state index contributed by atoms with van der Waals surface area (Å²) >= 11 is 0. The number of hydrogen-bond acceptors (Lipinski definition) is 4. The molecule has 1 aromatic carbocycles. The number of benzene rings is 1. The third-order valence-electron chi connectivity index (χ3n) is 5.49. The molecule has 2 aliphatic rings. The lowest BCUT2D eigenvalue weighted by molar-refractivity contribution is -0.124. The fourth-order valence-corrected chi connectivity index (χ4v) is 4.04. The SMILES string of the molecule is C[C@]12CCC(=O)N1c1ccccc1C(=O)N2CC(=O)NCCCn1cccn1. The molecule has 2 aromatic rings. The van der Waals surface area contributed by atoms with E-state index in [2.05, 4.69) is 10.4 Å². The first-order chi connectivity index (χ1) is 13.5. The average molecular weight is 381 g/mol. The van der Waals surface area contributed by atoms with Gasteiger partial charge in [-0.05, 0) is 38.0 Å². The molecule has 1 fully saturated rings. The Labute approximate surface area is 163 Å². The number of nitrogens with zero attached hydrogens (tertiary/aromatic N) is 4. The summed E-state index contributed by atoms with van der Waals surface area (Å²) in [5.41, 5.74) is 0.282. The van der Waals surface area contributed by atoms with Crippen LogP contribution in [0.5, 0.6) is 0 Å². The van der Waals surface area contributed by atoms with E-state index in [-0.39, 0.29) is 24.3 Å². The van der Waals surface area contributed by atoms with Gasteiger partial charge in [-0.2, -0.15) is 5.10 Å². The van der Waals surface area contributed by atoms with Crippen molar-refractivity contribution in [1.82, 2.24) is 20.0 Å². The van der Waals surface area contributed by atoms with Crippen molar-refractivity contribution >= 4 is 23.4 Å². The summed E-state index contributed by atoms with van der Waals surface area (Å²) < 4.78 is 1.81. The van der Waals surface area contributed by atoms with Crippen LogP contribution >= 0.6 is 0 Å². The number of anilines is 1. The molecule has 0 spiro atoms. The minimum atomic E-state index is -0.811. The predicted octanol–water partition coefficient (Wildman–Crippen LogP) is 1.39. The molecular weight excluding hydrogens is 358 g/mol. The zero-order chi connectivity index (χ0) is 19.7. The van der Waals surface area contributed by atoms with Crippen molar-refractivity contribution in [3.8, 4) is 0 Å². The van der Waals surface area contributed by atoms with E-state index in [0.29, 0.717) is 37.2 Å². The van der Waals surface area contributed by atoms with Gasteiger partial charge in [-0.15, -0.1) is 0 Å². The highest BCUT2D eigenvalue weighted by Crippen LogP contribution is 2.43. The number of carbonyl (C=O) groups is 3. The van der Waals surface area contributed by atoms with E-state index in [1.807, 2.05) is 25.3 Å². The molecule has 4 rings (SSSR count). The number of amides is 3. The minimum absolute atomic E-state index is 0.0212. The van der Waals surface area contributed by atoms with Gasteiger partial charge in [0.25, 0.3) is 5.91 Å². The highest BCUT2D eigenvalue weighted by atomic mass is 16.2. The fraction of sp³-hybridized carbons (Fsp3) is 0.400. The molecule has 0 radical (unpaired) electrons. The molecule has 2 aliphatic heterocycles. The van der Waals surface area contributed by atoms with Gasteiger partial charge in [0, 0.05) is 31.9 Å². The number of hydrogen-bond donors (Lipinski definition) is 1. The normalized spacial score (nSPS) is 20.9. The van der Waals surface area contributed by atoms with Crippen LogP contribution in [0.15, 0.2) is 42.7 Å². The standard InChI is InChI=1S/C20H23N5O3/c1-20-9-8-18(27)25(20)16-7-3-2-6-15(16)19(28)24(20)14-17(26)21-10-4-12-23-13-5-11-22-23/h2-3,5-7,11,13H,4,8-10,12,14H2,1H3,(H,21,26)/t20-/m1/s1. The van der Waals surface area contributed by atoms with Crippen LogP contribution < -0.4 is 10.2 Å².